The Morgan fingerprint density at radius 2 is 1.83 bits per heavy atom. The van der Waals surface area contributed by atoms with Gasteiger partial charge in [-0.1, -0.05) is 30.4 Å². The molecule has 1 fully saturated rings. The van der Waals surface area contributed by atoms with Crippen LogP contribution in [-0.2, 0) is 10.3 Å². The predicted molar refractivity (Wildman–Crippen MR) is 87.4 cm³/mol. The molecule has 4 aliphatic rings. The van der Waals surface area contributed by atoms with E-state index < -0.39 is 5.54 Å². The van der Waals surface area contributed by atoms with E-state index in [0.29, 0.717) is 30.5 Å². The Morgan fingerprint density at radius 1 is 1.04 bits per heavy atom. The first-order valence-electron chi connectivity index (χ1n) is 8.08. The van der Waals surface area contributed by atoms with Crippen molar-refractivity contribution >= 4 is 5.78 Å². The van der Waals surface area contributed by atoms with Gasteiger partial charge < -0.3 is 0 Å². The summed E-state index contributed by atoms with van der Waals surface area (Å²) in [6.07, 6.45) is 7.29. The zero-order valence-electron chi connectivity index (χ0n) is 12.9. The van der Waals surface area contributed by atoms with Gasteiger partial charge in [0, 0.05) is 12.0 Å². The van der Waals surface area contributed by atoms with Crippen molar-refractivity contribution < 1.29 is 4.79 Å². The van der Waals surface area contributed by atoms with Gasteiger partial charge in [0.15, 0.2) is 5.78 Å². The number of carbonyl (C=O) groups excluding carboxylic acids is 1. The number of nitrogens with zero attached hydrogens (tertiary/aromatic N) is 3. The number of allylic oxidation sites excluding steroid dienone is 4. The third-order valence-corrected chi connectivity index (χ3v) is 5.37. The fraction of sp³-hybridized carbons (Fsp3) is 0.278. The summed E-state index contributed by atoms with van der Waals surface area (Å²) in [4.78, 5) is 38.5. The molecule has 2 aliphatic carbocycles. The zero-order chi connectivity index (χ0) is 16.5. The number of aromatic nitrogens is 3. The van der Waals surface area contributed by atoms with Crippen LogP contribution >= 0.6 is 0 Å². The predicted octanol–water partition coefficient (Wildman–Crippen LogP) is 1.30. The molecule has 3 heterocycles. The molecule has 24 heavy (non-hydrogen) atoms. The molecule has 6 rings (SSSR count). The summed E-state index contributed by atoms with van der Waals surface area (Å²) in [5.41, 5.74) is -0.218. The molecule has 2 aromatic rings. The minimum absolute atomic E-state index is 0.0850. The fourth-order valence-electron chi connectivity index (χ4n) is 4.30. The third kappa shape index (κ3) is 1.43. The highest BCUT2D eigenvalue weighted by Crippen LogP contribution is 2.47. The van der Waals surface area contributed by atoms with Crippen LogP contribution in [0.15, 0.2) is 63.7 Å². The molecule has 1 spiro atoms. The highest BCUT2D eigenvalue weighted by Gasteiger charge is 2.51. The molecule has 0 amide bonds. The van der Waals surface area contributed by atoms with E-state index in [2.05, 4.69) is 0 Å². The van der Waals surface area contributed by atoms with E-state index in [0.717, 1.165) is 0 Å². The Balaban J connectivity index is 1.89. The number of carbonyl (C=O) groups is 1. The van der Waals surface area contributed by atoms with Crippen molar-refractivity contribution in [2.24, 2.45) is 0 Å². The molecule has 0 saturated heterocycles. The smallest absolute Gasteiger partial charge is 0.294 e. The number of hydrogen-bond acceptors (Lipinski definition) is 3. The van der Waals surface area contributed by atoms with Crippen LogP contribution in [0.2, 0.25) is 0 Å². The van der Waals surface area contributed by atoms with Crippen LogP contribution in [-0.4, -0.2) is 19.7 Å². The SMILES string of the molecule is O=C1CC[C@@]23CC=C[C@@H](C=C12)n1c(=O)n(-c2ccccc2)c(=O)n13. The molecule has 0 radical (unpaired) electrons. The molecule has 1 aromatic heterocycles. The van der Waals surface area contributed by atoms with Gasteiger partial charge in [-0.15, -0.1) is 0 Å². The maximum absolute atomic E-state index is 13.2. The van der Waals surface area contributed by atoms with Gasteiger partial charge in [0.05, 0.1) is 17.3 Å². The summed E-state index contributed by atoms with van der Waals surface area (Å²) in [7, 11) is 0. The van der Waals surface area contributed by atoms with E-state index in [4.69, 9.17) is 0 Å². The van der Waals surface area contributed by atoms with Crippen LogP contribution in [0.5, 0.6) is 0 Å². The number of Topliss-reactive ketones (excluding diaryl/α,β-unsaturated/α-hetero) is 1. The maximum Gasteiger partial charge on any atom is 0.352 e. The molecule has 6 heteroatoms. The van der Waals surface area contributed by atoms with Crippen LogP contribution in [0.25, 0.3) is 5.69 Å². The number of fused-ring (bicyclic) bond motifs is 1. The number of benzene rings is 1. The van der Waals surface area contributed by atoms with Gasteiger partial charge in [0.2, 0.25) is 0 Å². The van der Waals surface area contributed by atoms with Gasteiger partial charge in [0.25, 0.3) is 0 Å². The largest absolute Gasteiger partial charge is 0.352 e. The lowest BCUT2D eigenvalue weighted by molar-refractivity contribution is -0.114. The lowest BCUT2D eigenvalue weighted by atomic mass is 9.88. The van der Waals surface area contributed by atoms with Crippen LogP contribution in [0.4, 0.5) is 0 Å². The third-order valence-electron chi connectivity index (χ3n) is 5.37. The molecule has 2 bridgehead atoms. The summed E-state index contributed by atoms with van der Waals surface area (Å²) in [6, 6.07) is 8.53. The first-order valence-corrected chi connectivity index (χ1v) is 8.08. The summed E-state index contributed by atoms with van der Waals surface area (Å²) < 4.78 is 4.24. The van der Waals surface area contributed by atoms with E-state index >= 15 is 0 Å². The van der Waals surface area contributed by atoms with E-state index in [1.165, 1.54) is 13.9 Å². The van der Waals surface area contributed by atoms with Crippen molar-refractivity contribution in [3.63, 3.8) is 0 Å². The summed E-state index contributed by atoms with van der Waals surface area (Å²) in [6.45, 7) is 0. The number of para-hydroxylation sites is 1. The normalized spacial score (nSPS) is 26.9. The monoisotopic (exact) mass is 321 g/mol. The minimum Gasteiger partial charge on any atom is -0.294 e. The fourth-order valence-corrected chi connectivity index (χ4v) is 4.30. The minimum atomic E-state index is -0.711. The maximum atomic E-state index is 13.2. The lowest BCUT2D eigenvalue weighted by Gasteiger charge is -2.34. The number of rotatable bonds is 1. The summed E-state index contributed by atoms with van der Waals surface area (Å²) >= 11 is 0. The second kappa shape index (κ2) is 4.35. The highest BCUT2D eigenvalue weighted by atomic mass is 16.2. The average molecular weight is 321 g/mol. The molecule has 0 unspecified atom stereocenters. The van der Waals surface area contributed by atoms with Gasteiger partial charge in [-0.25, -0.2) is 23.5 Å². The van der Waals surface area contributed by atoms with Crippen molar-refractivity contribution in [2.75, 3.05) is 0 Å². The lowest BCUT2D eigenvalue weighted by Crippen LogP contribution is -2.47. The first kappa shape index (κ1) is 13.5. The Bertz CT molecular complexity index is 1050. The second-order valence-electron chi connectivity index (χ2n) is 6.55. The van der Waals surface area contributed by atoms with Crippen LogP contribution in [0.3, 0.4) is 0 Å². The van der Waals surface area contributed by atoms with E-state index in [9.17, 15) is 14.4 Å². The summed E-state index contributed by atoms with van der Waals surface area (Å²) in [5.74, 6) is 0.0850. The Kier molecular flexibility index (Phi) is 2.45. The molecule has 2 aliphatic heterocycles. The van der Waals surface area contributed by atoms with E-state index in [-0.39, 0.29) is 23.2 Å². The quantitative estimate of drug-likeness (QED) is 0.744. The molecule has 0 N–H and O–H groups in total. The molecule has 120 valence electrons. The summed E-state index contributed by atoms with van der Waals surface area (Å²) in [5, 5.41) is 0. The topological polar surface area (TPSA) is 66.0 Å². The van der Waals surface area contributed by atoms with Gasteiger partial charge in [-0.3, -0.25) is 4.79 Å². The van der Waals surface area contributed by atoms with Crippen LogP contribution < -0.4 is 11.4 Å². The zero-order valence-corrected chi connectivity index (χ0v) is 12.9. The molecular formula is C18H15N3O3. The average Bonchev–Trinajstić information content (AvgIpc) is 2.90. The molecular weight excluding hydrogens is 306 g/mol. The van der Waals surface area contributed by atoms with Crippen LogP contribution in [0.1, 0.15) is 25.3 Å². The first-order chi connectivity index (χ1) is 11.6. The molecule has 1 aromatic carbocycles. The van der Waals surface area contributed by atoms with Crippen LogP contribution in [0, 0.1) is 0 Å². The standard InChI is InChI=1S/C18H15N3O3/c22-15-8-10-18-9-4-7-13(11-14(15)18)20-16(23)19(17(24)21(18)20)12-5-2-1-3-6-12/h1-7,11,13H,8-10H2/t13-,18-/m0/s1. The van der Waals surface area contributed by atoms with E-state index in [1.807, 2.05) is 24.3 Å². The molecule has 6 nitrogen and oxygen atoms in total. The van der Waals surface area contributed by atoms with Crippen molar-refractivity contribution in [1.82, 2.24) is 13.9 Å². The number of ketones is 1. The van der Waals surface area contributed by atoms with E-state index in [1.54, 1.807) is 24.3 Å². The highest BCUT2D eigenvalue weighted by molar-refractivity contribution is 6.00. The van der Waals surface area contributed by atoms with Gasteiger partial charge in [0.1, 0.15) is 0 Å². The van der Waals surface area contributed by atoms with Gasteiger partial charge >= 0.3 is 11.4 Å². The van der Waals surface area contributed by atoms with Crippen molar-refractivity contribution in [3.05, 3.63) is 75.1 Å². The van der Waals surface area contributed by atoms with Gasteiger partial charge in [-0.05, 0) is 31.1 Å². The van der Waals surface area contributed by atoms with Crippen molar-refractivity contribution in [2.45, 2.75) is 30.8 Å². The van der Waals surface area contributed by atoms with Crippen molar-refractivity contribution in [3.8, 4) is 5.69 Å². The Labute approximate surface area is 136 Å². The second-order valence-corrected chi connectivity index (χ2v) is 6.55. The molecule has 1 saturated carbocycles. The van der Waals surface area contributed by atoms with Crippen molar-refractivity contribution in [1.29, 1.82) is 0 Å². The molecule has 2 atom stereocenters. The van der Waals surface area contributed by atoms with Gasteiger partial charge in [-0.2, -0.15) is 0 Å². The number of hydrogen-bond donors (Lipinski definition) is 0. The Hall–Kier alpha value is -2.89. The Morgan fingerprint density at radius 3 is 2.62 bits per heavy atom.